The topological polar surface area (TPSA) is 86.8 Å². The fraction of sp³-hybridized carbons (Fsp3) is 0.200. The summed E-state index contributed by atoms with van der Waals surface area (Å²) in [6.07, 6.45) is 0. The number of rotatable bonds is 9. The highest BCUT2D eigenvalue weighted by atomic mass is 35.5. The molecule has 7 nitrogen and oxygen atoms in total. The van der Waals surface area contributed by atoms with Gasteiger partial charge in [0.25, 0.3) is 10.0 Å². The largest absolute Gasteiger partial charge is 0.357 e. The van der Waals surface area contributed by atoms with Crippen molar-refractivity contribution >= 4 is 62.3 Å². The molecule has 0 aromatic heterocycles. The van der Waals surface area contributed by atoms with Gasteiger partial charge in [-0.15, -0.1) is 0 Å². The Morgan fingerprint density at radius 2 is 1.53 bits per heavy atom. The van der Waals surface area contributed by atoms with Gasteiger partial charge >= 0.3 is 0 Å². The van der Waals surface area contributed by atoms with Crippen LogP contribution in [0.1, 0.15) is 12.5 Å². The summed E-state index contributed by atoms with van der Waals surface area (Å²) in [5.74, 6) is -1.01. The number of hydrogen-bond acceptors (Lipinski definition) is 4. The van der Waals surface area contributed by atoms with Crippen LogP contribution in [-0.2, 0) is 26.2 Å². The molecular weight excluding hydrogens is 545 g/mol. The maximum absolute atomic E-state index is 13.7. The molecule has 0 aliphatic rings. The molecule has 0 saturated heterocycles. The van der Waals surface area contributed by atoms with Crippen molar-refractivity contribution in [2.24, 2.45) is 0 Å². The smallest absolute Gasteiger partial charge is 0.264 e. The molecule has 0 bridgehead atoms. The monoisotopic (exact) mass is 567 g/mol. The highest BCUT2D eigenvalue weighted by Gasteiger charge is 2.33. The lowest BCUT2D eigenvalue weighted by atomic mass is 10.1. The van der Waals surface area contributed by atoms with Crippen molar-refractivity contribution in [3.63, 3.8) is 0 Å². The normalized spacial score (nSPS) is 12.0. The lowest BCUT2D eigenvalue weighted by Gasteiger charge is -2.32. The summed E-state index contributed by atoms with van der Waals surface area (Å²) < 4.78 is 28.2. The first-order valence-electron chi connectivity index (χ1n) is 10.8. The van der Waals surface area contributed by atoms with Crippen molar-refractivity contribution in [3.8, 4) is 0 Å². The van der Waals surface area contributed by atoms with Crippen LogP contribution in [0.25, 0.3) is 0 Å². The van der Waals surface area contributed by atoms with E-state index in [4.69, 9.17) is 34.8 Å². The molecule has 0 heterocycles. The van der Waals surface area contributed by atoms with E-state index in [1.807, 2.05) is 0 Å². The van der Waals surface area contributed by atoms with Gasteiger partial charge in [0.2, 0.25) is 11.8 Å². The van der Waals surface area contributed by atoms with Crippen LogP contribution in [0.4, 0.5) is 5.69 Å². The summed E-state index contributed by atoms with van der Waals surface area (Å²) in [6.45, 7) is 1.02. The van der Waals surface area contributed by atoms with Crippen LogP contribution in [0.15, 0.2) is 77.7 Å². The number of halogens is 3. The first kappa shape index (κ1) is 27.8. The molecule has 0 radical (unpaired) electrons. The standard InChI is InChI=1S/C25H24Cl3N3O4S/c1-17(25(33)29-2)30(15-18-8-10-19(26)11-9-18)24(32)16-31(23-13-12-20(27)14-22(23)28)36(34,35)21-6-4-3-5-7-21/h3-14,17H,15-16H2,1-2H3,(H,29,33). The Morgan fingerprint density at radius 1 is 0.917 bits per heavy atom. The number of nitrogens with zero attached hydrogens (tertiary/aromatic N) is 2. The average Bonchev–Trinajstić information content (AvgIpc) is 2.86. The number of sulfonamides is 1. The molecule has 190 valence electrons. The Bertz CT molecular complexity index is 1340. The minimum Gasteiger partial charge on any atom is -0.357 e. The molecule has 0 aliphatic carbocycles. The van der Waals surface area contributed by atoms with E-state index in [9.17, 15) is 18.0 Å². The summed E-state index contributed by atoms with van der Waals surface area (Å²) in [6, 6.07) is 17.9. The second-order valence-corrected chi connectivity index (χ2v) is 11.0. The molecule has 0 spiro atoms. The second kappa shape index (κ2) is 12.0. The molecule has 0 fully saturated rings. The van der Waals surface area contributed by atoms with Crippen molar-refractivity contribution in [3.05, 3.63) is 93.4 Å². The molecule has 3 aromatic rings. The molecule has 0 saturated carbocycles. The van der Waals surface area contributed by atoms with Gasteiger partial charge in [0.05, 0.1) is 15.6 Å². The van der Waals surface area contributed by atoms with Gasteiger partial charge in [-0.25, -0.2) is 8.42 Å². The third-order valence-corrected chi connectivity index (χ3v) is 8.03. The Hall–Kier alpha value is -2.78. The van der Waals surface area contributed by atoms with Crippen LogP contribution in [0, 0.1) is 0 Å². The minimum absolute atomic E-state index is 0.0209. The molecule has 11 heteroatoms. The Balaban J connectivity index is 2.05. The van der Waals surface area contributed by atoms with E-state index < -0.39 is 34.4 Å². The third-order valence-electron chi connectivity index (χ3n) is 5.47. The highest BCUT2D eigenvalue weighted by Crippen LogP contribution is 2.33. The van der Waals surface area contributed by atoms with Gasteiger partial charge in [-0.05, 0) is 55.0 Å². The number of anilines is 1. The number of carbonyl (C=O) groups excluding carboxylic acids is 2. The number of hydrogen-bond donors (Lipinski definition) is 1. The van der Waals surface area contributed by atoms with Crippen LogP contribution < -0.4 is 9.62 Å². The SMILES string of the molecule is CNC(=O)C(C)N(Cc1ccc(Cl)cc1)C(=O)CN(c1ccc(Cl)cc1Cl)S(=O)(=O)c1ccccc1. The van der Waals surface area contributed by atoms with Gasteiger partial charge < -0.3 is 10.2 Å². The molecule has 1 unspecified atom stereocenters. The zero-order valence-corrected chi connectivity index (χ0v) is 22.6. The average molecular weight is 569 g/mol. The zero-order valence-electron chi connectivity index (χ0n) is 19.5. The summed E-state index contributed by atoms with van der Waals surface area (Å²) in [4.78, 5) is 27.4. The van der Waals surface area contributed by atoms with E-state index in [-0.39, 0.29) is 22.2 Å². The molecular formula is C25H24Cl3N3O4S. The van der Waals surface area contributed by atoms with Crippen molar-refractivity contribution < 1.29 is 18.0 Å². The molecule has 0 aliphatic heterocycles. The van der Waals surface area contributed by atoms with Gasteiger partial charge in [0, 0.05) is 23.6 Å². The van der Waals surface area contributed by atoms with Crippen molar-refractivity contribution in [1.29, 1.82) is 0 Å². The summed E-state index contributed by atoms with van der Waals surface area (Å²) >= 11 is 18.4. The van der Waals surface area contributed by atoms with E-state index in [1.54, 1.807) is 49.4 Å². The summed E-state index contributed by atoms with van der Waals surface area (Å²) in [7, 11) is -2.75. The van der Waals surface area contributed by atoms with Gasteiger partial charge in [0.1, 0.15) is 12.6 Å². The quantitative estimate of drug-likeness (QED) is 0.393. The van der Waals surface area contributed by atoms with Gasteiger partial charge in [-0.2, -0.15) is 0 Å². The number of likely N-dealkylation sites (N-methyl/N-ethyl adjacent to an activating group) is 1. The third kappa shape index (κ3) is 6.50. The van der Waals surface area contributed by atoms with E-state index in [0.717, 1.165) is 4.31 Å². The molecule has 2 amide bonds. The maximum Gasteiger partial charge on any atom is 0.264 e. The van der Waals surface area contributed by atoms with E-state index in [1.165, 1.54) is 42.3 Å². The lowest BCUT2D eigenvalue weighted by molar-refractivity contribution is -0.139. The fourth-order valence-corrected chi connectivity index (χ4v) is 5.64. The number of nitrogens with one attached hydrogen (secondary N) is 1. The maximum atomic E-state index is 13.7. The Labute approximate surface area is 225 Å². The van der Waals surface area contributed by atoms with Crippen molar-refractivity contribution in [2.45, 2.75) is 24.4 Å². The summed E-state index contributed by atoms with van der Waals surface area (Å²) in [5, 5.41) is 3.42. The van der Waals surface area contributed by atoms with Crippen LogP contribution in [0.3, 0.4) is 0 Å². The second-order valence-electron chi connectivity index (χ2n) is 7.86. The number of carbonyl (C=O) groups is 2. The van der Waals surface area contributed by atoms with E-state index in [2.05, 4.69) is 5.32 Å². The number of amides is 2. The van der Waals surface area contributed by atoms with E-state index in [0.29, 0.717) is 15.6 Å². The lowest BCUT2D eigenvalue weighted by Crippen LogP contribution is -2.50. The molecule has 1 atom stereocenters. The van der Waals surface area contributed by atoms with Gasteiger partial charge in [0.15, 0.2) is 0 Å². The van der Waals surface area contributed by atoms with Crippen LogP contribution in [-0.4, -0.2) is 44.8 Å². The van der Waals surface area contributed by atoms with Crippen LogP contribution in [0.2, 0.25) is 15.1 Å². The minimum atomic E-state index is -4.21. The zero-order chi connectivity index (χ0) is 26.5. The molecule has 3 aromatic carbocycles. The van der Waals surface area contributed by atoms with Gasteiger partial charge in [-0.1, -0.05) is 65.1 Å². The molecule has 36 heavy (non-hydrogen) atoms. The summed E-state index contributed by atoms with van der Waals surface area (Å²) in [5.41, 5.74) is 0.794. The Morgan fingerprint density at radius 3 is 2.11 bits per heavy atom. The predicted octanol–water partition coefficient (Wildman–Crippen LogP) is 5.01. The predicted molar refractivity (Wildman–Crippen MR) is 143 cm³/mol. The van der Waals surface area contributed by atoms with Crippen LogP contribution >= 0.6 is 34.8 Å². The molecule has 3 rings (SSSR count). The van der Waals surface area contributed by atoms with E-state index >= 15 is 0 Å². The molecule has 1 N–H and O–H groups in total. The van der Waals surface area contributed by atoms with Crippen molar-refractivity contribution in [1.82, 2.24) is 10.2 Å². The van der Waals surface area contributed by atoms with Crippen molar-refractivity contribution in [2.75, 3.05) is 17.9 Å². The van der Waals surface area contributed by atoms with Gasteiger partial charge in [-0.3, -0.25) is 13.9 Å². The first-order chi connectivity index (χ1) is 17.0. The fourth-order valence-electron chi connectivity index (χ4n) is 3.49. The Kier molecular flexibility index (Phi) is 9.24. The van der Waals surface area contributed by atoms with Crippen LogP contribution in [0.5, 0.6) is 0 Å². The highest BCUT2D eigenvalue weighted by molar-refractivity contribution is 7.92. The number of benzene rings is 3. The first-order valence-corrected chi connectivity index (χ1v) is 13.4.